The number of carbonyl (C=O) groups is 1. The van der Waals surface area contributed by atoms with Gasteiger partial charge in [-0.25, -0.2) is 0 Å². The summed E-state index contributed by atoms with van der Waals surface area (Å²) in [6.07, 6.45) is 0.638. The van der Waals surface area contributed by atoms with Crippen molar-refractivity contribution in [3.63, 3.8) is 0 Å². The molecular formula is C28H27ClN4O2. The van der Waals surface area contributed by atoms with E-state index < -0.39 is 5.41 Å². The van der Waals surface area contributed by atoms with Crippen molar-refractivity contribution in [1.82, 2.24) is 0 Å². The number of nitrogens with zero attached hydrogens (tertiary/aromatic N) is 4. The normalized spacial score (nSPS) is 23.3. The third kappa shape index (κ3) is 3.39. The summed E-state index contributed by atoms with van der Waals surface area (Å²) < 4.78 is 5.35. The van der Waals surface area contributed by atoms with Crippen LogP contribution in [0.5, 0.6) is 5.75 Å². The lowest BCUT2D eigenvalue weighted by molar-refractivity contribution is -0.125. The van der Waals surface area contributed by atoms with E-state index in [1.165, 1.54) is 11.3 Å². The zero-order valence-electron chi connectivity index (χ0n) is 19.8. The Morgan fingerprint density at radius 2 is 1.69 bits per heavy atom. The number of halogens is 1. The largest absolute Gasteiger partial charge is 0.497 e. The maximum absolute atomic E-state index is 14.3. The average molecular weight is 487 g/mol. The summed E-state index contributed by atoms with van der Waals surface area (Å²) in [5.74, 6) is 0.862. The van der Waals surface area contributed by atoms with Crippen molar-refractivity contribution in [1.29, 1.82) is 0 Å². The van der Waals surface area contributed by atoms with Gasteiger partial charge >= 0.3 is 0 Å². The molecule has 178 valence electrons. The number of para-hydroxylation sites is 1. The van der Waals surface area contributed by atoms with Gasteiger partial charge in [0.1, 0.15) is 11.2 Å². The fourth-order valence-electron chi connectivity index (χ4n) is 5.85. The number of hydrogen-bond donors (Lipinski definition) is 0. The maximum Gasteiger partial charge on any atom is 0.261 e. The third-order valence-electron chi connectivity index (χ3n) is 7.70. The Balaban J connectivity index is 1.42. The molecule has 3 aliphatic rings. The highest BCUT2D eigenvalue weighted by Gasteiger charge is 2.59. The molecule has 1 spiro atoms. The molecule has 0 aromatic heterocycles. The highest BCUT2D eigenvalue weighted by molar-refractivity contribution is 6.30. The van der Waals surface area contributed by atoms with Crippen molar-refractivity contribution in [2.75, 3.05) is 41.6 Å². The minimum absolute atomic E-state index is 0.0263. The minimum Gasteiger partial charge on any atom is -0.497 e. The van der Waals surface area contributed by atoms with Gasteiger partial charge in [-0.15, -0.1) is 0 Å². The van der Waals surface area contributed by atoms with Gasteiger partial charge in [0.2, 0.25) is 0 Å². The summed E-state index contributed by atoms with van der Waals surface area (Å²) in [5, 5.41) is 7.04. The van der Waals surface area contributed by atoms with Crippen LogP contribution in [0.3, 0.4) is 0 Å². The van der Waals surface area contributed by atoms with E-state index in [1.54, 1.807) is 24.3 Å². The molecule has 0 unspecified atom stereocenters. The van der Waals surface area contributed by atoms with Crippen LogP contribution in [0.15, 0.2) is 77.9 Å². The van der Waals surface area contributed by atoms with E-state index in [0.717, 1.165) is 42.5 Å². The second kappa shape index (κ2) is 8.31. The zero-order chi connectivity index (χ0) is 24.2. The molecule has 3 heterocycles. The van der Waals surface area contributed by atoms with Gasteiger partial charge in [0.25, 0.3) is 5.91 Å². The molecule has 6 rings (SSSR count). The number of fused-ring (bicyclic) bond motifs is 4. The molecule has 35 heavy (non-hydrogen) atoms. The van der Waals surface area contributed by atoms with Crippen LogP contribution in [-0.2, 0) is 11.2 Å². The second-order valence-corrected chi connectivity index (χ2v) is 9.85. The molecule has 0 bridgehead atoms. The molecule has 3 aromatic rings. The lowest BCUT2D eigenvalue weighted by atomic mass is 9.67. The van der Waals surface area contributed by atoms with Crippen LogP contribution in [0, 0.1) is 5.41 Å². The van der Waals surface area contributed by atoms with Gasteiger partial charge in [-0.1, -0.05) is 29.8 Å². The number of hydrazone groups is 1. The standard InChI is InChI=1S/C28H27ClN4O2/c1-19-28(27(34)33(30-19)23-9-7-21(29)8-10-23)17-20-5-3-4-6-25(20)32-16-15-31(18-26(28)32)22-11-13-24(35-2)14-12-22/h3-14,26H,15-18H2,1-2H3/t26-,28-/m1/s1. The molecule has 7 heteroatoms. The van der Waals surface area contributed by atoms with Crippen LogP contribution < -0.4 is 19.5 Å². The van der Waals surface area contributed by atoms with Gasteiger partial charge in [-0.05, 0) is 73.5 Å². The highest BCUT2D eigenvalue weighted by Crippen LogP contribution is 2.48. The number of piperazine rings is 1. The monoisotopic (exact) mass is 486 g/mol. The number of methoxy groups -OCH3 is 1. The number of anilines is 3. The Kier molecular flexibility index (Phi) is 5.22. The lowest BCUT2D eigenvalue weighted by Gasteiger charge is -2.53. The molecule has 0 saturated carbocycles. The summed E-state index contributed by atoms with van der Waals surface area (Å²) in [7, 11) is 1.68. The first kappa shape index (κ1) is 22.0. The zero-order valence-corrected chi connectivity index (χ0v) is 20.6. The van der Waals surface area contributed by atoms with Crippen LogP contribution in [0.25, 0.3) is 0 Å². The molecule has 0 radical (unpaired) electrons. The van der Waals surface area contributed by atoms with Crippen LogP contribution in [0.1, 0.15) is 12.5 Å². The Bertz CT molecular complexity index is 1310. The van der Waals surface area contributed by atoms with Crippen molar-refractivity contribution in [3.8, 4) is 5.75 Å². The fourth-order valence-corrected chi connectivity index (χ4v) is 5.98. The topological polar surface area (TPSA) is 48.4 Å². The SMILES string of the molecule is COc1ccc(N2CCN3c4ccccc4C[C@]4(C(=O)N(c5ccc(Cl)cc5)N=C4C)[C@H]3C2)cc1. The molecule has 1 amide bonds. The number of amides is 1. The number of benzene rings is 3. The average Bonchev–Trinajstić information content (AvgIpc) is 3.14. The summed E-state index contributed by atoms with van der Waals surface area (Å²) in [4.78, 5) is 19.1. The highest BCUT2D eigenvalue weighted by atomic mass is 35.5. The van der Waals surface area contributed by atoms with Gasteiger partial charge in [0.15, 0.2) is 0 Å². The van der Waals surface area contributed by atoms with E-state index in [4.69, 9.17) is 21.4 Å². The maximum atomic E-state index is 14.3. The lowest BCUT2D eigenvalue weighted by Crippen LogP contribution is -2.67. The van der Waals surface area contributed by atoms with Gasteiger partial charge < -0.3 is 14.5 Å². The Morgan fingerprint density at radius 1 is 0.971 bits per heavy atom. The second-order valence-electron chi connectivity index (χ2n) is 9.41. The molecule has 6 nitrogen and oxygen atoms in total. The van der Waals surface area contributed by atoms with Crippen molar-refractivity contribution >= 4 is 40.3 Å². The molecular weight excluding hydrogens is 460 g/mol. The first-order chi connectivity index (χ1) is 17.0. The van der Waals surface area contributed by atoms with Crippen LogP contribution in [0.4, 0.5) is 17.1 Å². The van der Waals surface area contributed by atoms with Crippen molar-refractivity contribution in [2.45, 2.75) is 19.4 Å². The van der Waals surface area contributed by atoms with Gasteiger partial charge in [-0.3, -0.25) is 4.79 Å². The number of carbonyl (C=O) groups excluding carboxylic acids is 1. The van der Waals surface area contributed by atoms with E-state index in [-0.39, 0.29) is 11.9 Å². The molecule has 3 aliphatic heterocycles. The van der Waals surface area contributed by atoms with E-state index in [2.05, 4.69) is 46.2 Å². The van der Waals surface area contributed by atoms with E-state index in [1.807, 2.05) is 31.2 Å². The molecule has 2 atom stereocenters. The molecule has 3 aromatic carbocycles. The Morgan fingerprint density at radius 3 is 2.43 bits per heavy atom. The molecule has 1 saturated heterocycles. The summed E-state index contributed by atoms with van der Waals surface area (Å²) in [6, 6.07) is 23.9. The van der Waals surface area contributed by atoms with E-state index in [0.29, 0.717) is 11.4 Å². The van der Waals surface area contributed by atoms with Gasteiger partial charge in [-0.2, -0.15) is 10.1 Å². The van der Waals surface area contributed by atoms with Crippen molar-refractivity contribution in [3.05, 3.63) is 83.4 Å². The molecule has 0 aliphatic carbocycles. The van der Waals surface area contributed by atoms with Gasteiger partial charge in [0.05, 0.1) is 24.6 Å². The number of rotatable bonds is 3. The van der Waals surface area contributed by atoms with Crippen LogP contribution >= 0.6 is 11.6 Å². The summed E-state index contributed by atoms with van der Waals surface area (Å²) in [6.45, 7) is 4.44. The van der Waals surface area contributed by atoms with Crippen LogP contribution in [-0.4, -0.2) is 44.4 Å². The predicted octanol–water partition coefficient (Wildman–Crippen LogP) is 5.01. The molecule has 1 fully saturated rings. The fraction of sp³-hybridized carbons (Fsp3) is 0.286. The van der Waals surface area contributed by atoms with Crippen molar-refractivity contribution in [2.24, 2.45) is 10.5 Å². The smallest absolute Gasteiger partial charge is 0.261 e. The molecule has 0 N–H and O–H groups in total. The Hall–Kier alpha value is -3.51. The van der Waals surface area contributed by atoms with Gasteiger partial charge in [0, 0.05) is 36.0 Å². The number of ether oxygens (including phenoxy) is 1. The van der Waals surface area contributed by atoms with Crippen molar-refractivity contribution < 1.29 is 9.53 Å². The third-order valence-corrected chi connectivity index (χ3v) is 7.95. The predicted molar refractivity (Wildman–Crippen MR) is 141 cm³/mol. The first-order valence-electron chi connectivity index (χ1n) is 11.9. The Labute approximate surface area is 210 Å². The summed E-state index contributed by atoms with van der Waals surface area (Å²) >= 11 is 6.11. The summed E-state index contributed by atoms with van der Waals surface area (Å²) in [5.41, 5.74) is 4.42. The first-order valence-corrected chi connectivity index (χ1v) is 12.3. The van der Waals surface area contributed by atoms with E-state index in [9.17, 15) is 4.79 Å². The number of hydrogen-bond acceptors (Lipinski definition) is 5. The van der Waals surface area contributed by atoms with Crippen LogP contribution in [0.2, 0.25) is 5.02 Å². The minimum atomic E-state index is -0.737. The van der Waals surface area contributed by atoms with E-state index >= 15 is 0 Å². The quantitative estimate of drug-likeness (QED) is 0.522.